The van der Waals surface area contributed by atoms with Crippen molar-refractivity contribution in [2.45, 2.75) is 0 Å². The van der Waals surface area contributed by atoms with E-state index in [4.69, 9.17) is 4.55 Å². The molecule has 0 spiro atoms. The Morgan fingerprint density at radius 3 is 1.71 bits per heavy atom. The van der Waals surface area contributed by atoms with E-state index in [0.717, 1.165) is 7.11 Å². The second kappa shape index (κ2) is 3.62. The summed E-state index contributed by atoms with van der Waals surface area (Å²) in [6.07, 6.45) is 0. The molecule has 0 aliphatic rings. The van der Waals surface area contributed by atoms with E-state index < -0.39 is 10.4 Å². The maximum Gasteiger partial charge on any atom is 2.00 e. The smallest absolute Gasteiger partial charge is 0.264 e. The van der Waals surface area contributed by atoms with Gasteiger partial charge in [-0.3, -0.25) is 8.74 Å². The molecule has 0 aliphatic carbocycles. The Balaban J connectivity index is 0. The molecule has 0 aromatic rings. The van der Waals surface area contributed by atoms with Gasteiger partial charge in [-0.2, -0.15) is 8.42 Å². The molecule has 0 aromatic heterocycles. The van der Waals surface area contributed by atoms with Crippen LogP contribution in [0.3, 0.4) is 0 Å². The van der Waals surface area contributed by atoms with Gasteiger partial charge in [-0.1, -0.05) is 0 Å². The summed E-state index contributed by atoms with van der Waals surface area (Å²) in [6.45, 7) is 0. The molecule has 0 bridgehead atoms. The van der Waals surface area contributed by atoms with Crippen LogP contribution in [0.25, 0.3) is 0 Å². The predicted octanol–water partition coefficient (Wildman–Crippen LogP) is -0.945. The molecular weight excluding hydrogens is 132 g/mol. The molecule has 0 heterocycles. The Morgan fingerprint density at radius 2 is 1.71 bits per heavy atom. The van der Waals surface area contributed by atoms with Crippen molar-refractivity contribution in [1.29, 1.82) is 0 Å². The van der Waals surface area contributed by atoms with Crippen molar-refractivity contribution in [2.24, 2.45) is 0 Å². The molecule has 0 atom stereocenters. The van der Waals surface area contributed by atoms with Gasteiger partial charge in [-0.05, 0) is 0 Å². The maximum atomic E-state index is 9.33. The molecular formula is CH4MgO4S+2. The van der Waals surface area contributed by atoms with Gasteiger partial charge >= 0.3 is 33.5 Å². The Labute approximate surface area is 58.0 Å². The van der Waals surface area contributed by atoms with E-state index >= 15 is 0 Å². The molecule has 0 aromatic carbocycles. The van der Waals surface area contributed by atoms with Crippen LogP contribution in [0.4, 0.5) is 0 Å². The van der Waals surface area contributed by atoms with Crippen molar-refractivity contribution >= 4 is 33.5 Å². The molecule has 0 radical (unpaired) electrons. The normalized spacial score (nSPS) is 10.0. The second-order valence-electron chi connectivity index (χ2n) is 0.594. The van der Waals surface area contributed by atoms with Crippen LogP contribution in [0, 0.1) is 0 Å². The molecule has 1 N–H and O–H groups in total. The van der Waals surface area contributed by atoms with E-state index in [1.807, 2.05) is 0 Å². The van der Waals surface area contributed by atoms with Crippen LogP contribution >= 0.6 is 0 Å². The van der Waals surface area contributed by atoms with Crippen LogP contribution in [0.15, 0.2) is 0 Å². The van der Waals surface area contributed by atoms with E-state index in [9.17, 15) is 8.42 Å². The van der Waals surface area contributed by atoms with Crippen molar-refractivity contribution in [3.05, 3.63) is 0 Å². The fourth-order valence-electron chi connectivity index (χ4n) is 0. The van der Waals surface area contributed by atoms with Gasteiger partial charge in [0, 0.05) is 0 Å². The summed E-state index contributed by atoms with van der Waals surface area (Å²) in [5.41, 5.74) is 0. The number of rotatable bonds is 1. The van der Waals surface area contributed by atoms with Crippen molar-refractivity contribution in [2.75, 3.05) is 7.11 Å². The molecule has 0 amide bonds. The van der Waals surface area contributed by atoms with Gasteiger partial charge in [0.2, 0.25) is 0 Å². The third-order valence-corrected chi connectivity index (χ3v) is 0.632. The first-order valence-corrected chi connectivity index (χ1v) is 2.46. The van der Waals surface area contributed by atoms with Gasteiger partial charge in [-0.15, -0.1) is 0 Å². The Bertz CT molecular complexity index is 114. The van der Waals surface area contributed by atoms with Crippen molar-refractivity contribution in [3.63, 3.8) is 0 Å². The van der Waals surface area contributed by atoms with E-state index in [-0.39, 0.29) is 23.1 Å². The topological polar surface area (TPSA) is 63.6 Å². The van der Waals surface area contributed by atoms with Gasteiger partial charge in [0.05, 0.1) is 7.11 Å². The van der Waals surface area contributed by atoms with Gasteiger partial charge < -0.3 is 0 Å². The summed E-state index contributed by atoms with van der Waals surface area (Å²) in [6, 6.07) is 0. The molecule has 38 valence electrons. The van der Waals surface area contributed by atoms with Crippen molar-refractivity contribution in [1.82, 2.24) is 0 Å². The van der Waals surface area contributed by atoms with Gasteiger partial charge in [0.1, 0.15) is 0 Å². The number of hydrogen-bond acceptors (Lipinski definition) is 3. The van der Waals surface area contributed by atoms with E-state index in [2.05, 4.69) is 4.18 Å². The fraction of sp³-hybridized carbons (Fsp3) is 1.00. The first kappa shape index (κ1) is 10.6. The van der Waals surface area contributed by atoms with E-state index in [1.165, 1.54) is 0 Å². The molecule has 0 unspecified atom stereocenters. The molecule has 0 rings (SSSR count). The summed E-state index contributed by atoms with van der Waals surface area (Å²) in [5.74, 6) is 0. The Kier molecular flexibility index (Phi) is 5.47. The average molecular weight is 136 g/mol. The molecule has 0 saturated heterocycles. The SMILES string of the molecule is COS(=O)(=O)O.[Mg+2]. The van der Waals surface area contributed by atoms with Crippen LogP contribution < -0.4 is 0 Å². The molecule has 0 fully saturated rings. The third-order valence-electron chi connectivity index (χ3n) is 0.211. The van der Waals surface area contributed by atoms with Crippen molar-refractivity contribution < 1.29 is 17.2 Å². The standard InChI is InChI=1S/CH4O4S.Mg/c1-5-6(2,3)4;/h1H3,(H,2,3,4);/q;+2. The summed E-state index contributed by atoms with van der Waals surface area (Å²) in [7, 11) is -3.29. The van der Waals surface area contributed by atoms with E-state index in [0.29, 0.717) is 0 Å². The van der Waals surface area contributed by atoms with Crippen LogP contribution in [0.2, 0.25) is 0 Å². The monoisotopic (exact) mass is 136 g/mol. The maximum absolute atomic E-state index is 9.33. The first-order valence-electron chi connectivity index (χ1n) is 1.09. The fourth-order valence-corrected chi connectivity index (χ4v) is 0. The summed E-state index contributed by atoms with van der Waals surface area (Å²) < 4.78 is 29.7. The average Bonchev–Trinajstić information content (AvgIpc) is 1.35. The van der Waals surface area contributed by atoms with Crippen LogP contribution in [-0.4, -0.2) is 43.1 Å². The minimum Gasteiger partial charge on any atom is -0.264 e. The zero-order valence-electron chi connectivity index (χ0n) is 3.79. The van der Waals surface area contributed by atoms with Gasteiger partial charge in [0.15, 0.2) is 0 Å². The second-order valence-corrected chi connectivity index (χ2v) is 1.78. The largest absolute Gasteiger partial charge is 2.00 e. The zero-order chi connectivity index (χ0) is 5.21. The van der Waals surface area contributed by atoms with Crippen molar-refractivity contribution in [3.8, 4) is 0 Å². The minimum atomic E-state index is -4.16. The number of hydrogen-bond donors (Lipinski definition) is 1. The first-order chi connectivity index (χ1) is 2.56. The minimum absolute atomic E-state index is 0. The molecule has 4 nitrogen and oxygen atoms in total. The Hall–Kier alpha value is 0.636. The molecule has 7 heavy (non-hydrogen) atoms. The molecule has 6 heteroatoms. The molecule has 0 saturated carbocycles. The summed E-state index contributed by atoms with van der Waals surface area (Å²) >= 11 is 0. The van der Waals surface area contributed by atoms with Crippen LogP contribution in [0.1, 0.15) is 0 Å². The van der Waals surface area contributed by atoms with E-state index in [1.54, 1.807) is 0 Å². The summed E-state index contributed by atoms with van der Waals surface area (Å²) in [4.78, 5) is 0. The van der Waals surface area contributed by atoms with Crippen LogP contribution in [-0.2, 0) is 14.6 Å². The van der Waals surface area contributed by atoms with Gasteiger partial charge in [0.25, 0.3) is 0 Å². The van der Waals surface area contributed by atoms with Crippen LogP contribution in [0.5, 0.6) is 0 Å². The van der Waals surface area contributed by atoms with Gasteiger partial charge in [-0.25, -0.2) is 0 Å². The predicted molar refractivity (Wildman–Crippen MR) is 24.3 cm³/mol. The summed E-state index contributed by atoms with van der Waals surface area (Å²) in [5, 5.41) is 0. The molecule has 0 aliphatic heterocycles. The third kappa shape index (κ3) is 10.8. The quantitative estimate of drug-likeness (QED) is 0.373. The zero-order valence-corrected chi connectivity index (χ0v) is 6.02. The Morgan fingerprint density at radius 1 is 1.57 bits per heavy atom.